The van der Waals surface area contributed by atoms with Gasteiger partial charge in [-0.15, -0.1) is 0 Å². The van der Waals surface area contributed by atoms with Crippen LogP contribution in [0.3, 0.4) is 0 Å². The van der Waals surface area contributed by atoms with E-state index in [9.17, 15) is 17.6 Å². The second-order valence-electron chi connectivity index (χ2n) is 13.6. The summed E-state index contributed by atoms with van der Waals surface area (Å²) in [6.07, 6.45) is 5.60. The van der Waals surface area contributed by atoms with Gasteiger partial charge in [-0.05, 0) is 63.5 Å². The first kappa shape index (κ1) is 30.1. The molecule has 234 valence electrons. The van der Waals surface area contributed by atoms with Crippen LogP contribution in [0.25, 0.3) is 0 Å². The third kappa shape index (κ3) is 5.93. The minimum absolute atomic E-state index is 0.0663. The number of hydrogen-bond acceptors (Lipinski definition) is 8. The molecule has 1 spiro atoms. The van der Waals surface area contributed by atoms with Gasteiger partial charge < -0.3 is 21.7 Å². The molecule has 2 bridgehead atoms. The van der Waals surface area contributed by atoms with E-state index in [2.05, 4.69) is 21.3 Å². The Kier molecular flexibility index (Phi) is 8.95. The van der Waals surface area contributed by atoms with Gasteiger partial charge in [-0.2, -0.15) is 0 Å². The zero-order chi connectivity index (χ0) is 28.8. The minimum Gasteiger partial charge on any atom is -0.350 e. The minimum atomic E-state index is -3.30. The molecule has 1 saturated carbocycles. The molecule has 0 aromatic rings. The molecule has 1 amide bonds. The standard InChI is InChI=1S/C28H49F2N7O3S/c29-18-13-23-28(7-2-1-3-8-28)14-21(33-15-18)24(26(31)35-23)27(38)34-22-17-32-16-20(30)25(22)36-11-5-19(6-12-36)41(39,40)37-9-4-10-37/h18-26,32-33,35H,1-17,31H2,(H,34,38). The molecule has 5 saturated heterocycles. The number of likely N-dealkylation sites (tertiary alicyclic amines) is 1. The van der Waals surface area contributed by atoms with Crippen molar-refractivity contribution >= 4 is 15.9 Å². The molecule has 5 heterocycles. The number of halogens is 2. The number of alkyl halides is 2. The topological polar surface area (TPSA) is 132 Å². The number of nitrogens with two attached hydrogens (primary N) is 1. The Morgan fingerprint density at radius 1 is 0.976 bits per heavy atom. The number of piperidine rings is 2. The third-order valence-electron chi connectivity index (χ3n) is 11.1. The average Bonchev–Trinajstić information content (AvgIpc) is 2.96. The zero-order valence-electron chi connectivity index (χ0n) is 24.1. The van der Waals surface area contributed by atoms with E-state index in [1.54, 1.807) is 4.31 Å². The molecule has 6 aliphatic rings. The first-order chi connectivity index (χ1) is 19.7. The number of nitrogens with zero attached hydrogens (tertiary/aromatic N) is 2. The number of amides is 1. The van der Waals surface area contributed by atoms with E-state index in [1.807, 2.05) is 4.90 Å². The Hall–Kier alpha value is -0.960. The molecule has 1 aliphatic carbocycles. The van der Waals surface area contributed by atoms with Crippen LogP contribution in [-0.4, -0.2) is 117 Å². The van der Waals surface area contributed by atoms with Crippen LogP contribution in [0, 0.1) is 11.3 Å². The smallest absolute Gasteiger partial charge is 0.227 e. The lowest BCUT2D eigenvalue weighted by molar-refractivity contribution is -0.128. The van der Waals surface area contributed by atoms with Gasteiger partial charge in [0.15, 0.2) is 0 Å². The van der Waals surface area contributed by atoms with Crippen LogP contribution < -0.4 is 27.0 Å². The molecule has 13 heteroatoms. The van der Waals surface area contributed by atoms with Gasteiger partial charge in [0, 0.05) is 44.8 Å². The lowest BCUT2D eigenvalue weighted by Crippen LogP contribution is -2.68. The molecule has 41 heavy (non-hydrogen) atoms. The van der Waals surface area contributed by atoms with Gasteiger partial charge in [0.1, 0.15) is 12.3 Å². The number of rotatable bonds is 5. The highest BCUT2D eigenvalue weighted by Crippen LogP contribution is 2.48. The molecule has 5 aliphatic heterocycles. The highest BCUT2D eigenvalue weighted by atomic mass is 32.2. The summed E-state index contributed by atoms with van der Waals surface area (Å²) in [4.78, 5) is 16.0. The predicted octanol–water partition coefficient (Wildman–Crippen LogP) is 0.194. The van der Waals surface area contributed by atoms with Crippen molar-refractivity contribution in [3.63, 3.8) is 0 Å². The summed E-state index contributed by atoms with van der Waals surface area (Å²) in [5, 5.41) is 12.7. The van der Waals surface area contributed by atoms with Crippen molar-refractivity contribution in [3.05, 3.63) is 0 Å². The average molecular weight is 602 g/mol. The van der Waals surface area contributed by atoms with Crippen LogP contribution in [0.15, 0.2) is 0 Å². The molecule has 0 aromatic carbocycles. The van der Waals surface area contributed by atoms with Crippen LogP contribution >= 0.6 is 0 Å². The van der Waals surface area contributed by atoms with Gasteiger partial charge in [-0.1, -0.05) is 19.3 Å². The zero-order valence-corrected chi connectivity index (χ0v) is 24.9. The summed E-state index contributed by atoms with van der Waals surface area (Å²) in [5.41, 5.74) is 6.61. The second kappa shape index (κ2) is 12.2. The van der Waals surface area contributed by atoms with Gasteiger partial charge in [0.25, 0.3) is 0 Å². The number of hydrogen-bond donors (Lipinski definition) is 5. The lowest BCUT2D eigenvalue weighted by atomic mass is 9.64. The number of fused-ring (bicyclic) bond motifs is 1. The highest BCUT2D eigenvalue weighted by Gasteiger charge is 2.52. The first-order valence-corrected chi connectivity index (χ1v) is 17.5. The Morgan fingerprint density at radius 3 is 2.39 bits per heavy atom. The van der Waals surface area contributed by atoms with Crippen molar-refractivity contribution in [2.45, 2.75) is 112 Å². The van der Waals surface area contributed by atoms with Crippen LogP contribution in [0.1, 0.15) is 64.2 Å². The largest absolute Gasteiger partial charge is 0.350 e. The normalized spacial score (nSPS) is 41.2. The molecule has 0 radical (unpaired) electrons. The molecule has 6 fully saturated rings. The highest BCUT2D eigenvalue weighted by molar-refractivity contribution is 7.89. The maximum Gasteiger partial charge on any atom is 0.227 e. The van der Waals surface area contributed by atoms with E-state index in [0.29, 0.717) is 52.0 Å². The maximum absolute atomic E-state index is 15.5. The van der Waals surface area contributed by atoms with Gasteiger partial charge in [0.2, 0.25) is 15.9 Å². The number of nitrogens with one attached hydrogen (secondary N) is 4. The van der Waals surface area contributed by atoms with E-state index < -0.39 is 51.8 Å². The molecule has 8 unspecified atom stereocenters. The number of carbonyl (C=O) groups excluding carboxylic acids is 1. The van der Waals surface area contributed by atoms with Gasteiger partial charge >= 0.3 is 0 Å². The van der Waals surface area contributed by atoms with Crippen LogP contribution in [0.2, 0.25) is 0 Å². The van der Waals surface area contributed by atoms with Crippen molar-refractivity contribution in [1.82, 2.24) is 30.5 Å². The quantitative estimate of drug-likeness (QED) is 0.302. The van der Waals surface area contributed by atoms with Gasteiger partial charge in [-0.25, -0.2) is 21.5 Å². The molecule has 8 atom stereocenters. The SMILES string of the molecule is NC1NC2CC(F)CNC(CC23CCCCC3)C1C(=O)NC1CNCC(F)C1N1CCC(S(=O)(=O)N2CCC2)CC1. The predicted molar refractivity (Wildman–Crippen MR) is 153 cm³/mol. The fraction of sp³-hybridized carbons (Fsp3) is 0.964. The first-order valence-electron chi connectivity index (χ1n) is 16.0. The molecule has 10 nitrogen and oxygen atoms in total. The van der Waals surface area contributed by atoms with Crippen molar-refractivity contribution in [1.29, 1.82) is 0 Å². The maximum atomic E-state index is 15.5. The molecular formula is C28H49F2N7O3S. The second-order valence-corrected chi connectivity index (χ2v) is 15.8. The van der Waals surface area contributed by atoms with Crippen molar-refractivity contribution in [2.24, 2.45) is 17.1 Å². The molecule has 6 N–H and O–H groups in total. The summed E-state index contributed by atoms with van der Waals surface area (Å²) in [7, 11) is -3.30. The summed E-state index contributed by atoms with van der Waals surface area (Å²) in [5.74, 6) is -0.843. The van der Waals surface area contributed by atoms with E-state index in [0.717, 1.165) is 38.5 Å². The lowest BCUT2D eigenvalue weighted by Gasteiger charge is -2.46. The van der Waals surface area contributed by atoms with E-state index in [1.165, 1.54) is 6.42 Å². The Bertz CT molecular complexity index is 1040. The summed E-state index contributed by atoms with van der Waals surface area (Å²) >= 11 is 0. The molecule has 6 rings (SSSR count). The van der Waals surface area contributed by atoms with Crippen LogP contribution in [0.5, 0.6) is 0 Å². The summed E-state index contributed by atoms with van der Waals surface area (Å²) in [6, 6.07) is -1.36. The Morgan fingerprint density at radius 2 is 1.71 bits per heavy atom. The summed E-state index contributed by atoms with van der Waals surface area (Å²) in [6.45, 7) is 2.97. The Labute approximate surface area is 243 Å². The monoisotopic (exact) mass is 601 g/mol. The fourth-order valence-corrected chi connectivity index (χ4v) is 10.7. The summed E-state index contributed by atoms with van der Waals surface area (Å²) < 4.78 is 57.9. The molecular weight excluding hydrogens is 552 g/mol. The van der Waals surface area contributed by atoms with Gasteiger partial charge in [0.05, 0.1) is 29.4 Å². The van der Waals surface area contributed by atoms with Crippen molar-refractivity contribution in [2.75, 3.05) is 45.8 Å². The van der Waals surface area contributed by atoms with E-state index in [4.69, 9.17) is 5.73 Å². The van der Waals surface area contributed by atoms with Crippen molar-refractivity contribution < 1.29 is 22.0 Å². The van der Waals surface area contributed by atoms with Crippen LogP contribution in [0.4, 0.5) is 8.78 Å². The van der Waals surface area contributed by atoms with E-state index in [-0.39, 0.29) is 36.5 Å². The Balaban J connectivity index is 1.16. The fourth-order valence-electron chi connectivity index (χ4n) is 8.75. The van der Waals surface area contributed by atoms with Crippen LogP contribution in [-0.2, 0) is 14.8 Å². The number of sulfonamides is 1. The van der Waals surface area contributed by atoms with E-state index >= 15 is 4.39 Å². The number of carbonyl (C=O) groups is 1. The van der Waals surface area contributed by atoms with Gasteiger partial charge in [-0.3, -0.25) is 15.0 Å². The molecule has 0 aromatic heterocycles. The van der Waals surface area contributed by atoms with Crippen molar-refractivity contribution in [3.8, 4) is 0 Å². The third-order valence-corrected chi connectivity index (χ3v) is 13.5.